The van der Waals surface area contributed by atoms with Crippen LogP contribution in [-0.4, -0.2) is 58.3 Å². The lowest BCUT2D eigenvalue weighted by Crippen LogP contribution is -2.40. The smallest absolute Gasteiger partial charge is 0.336 e. The summed E-state index contributed by atoms with van der Waals surface area (Å²) in [4.78, 5) is 23.8. The number of carbonyl (C=O) groups is 2. The van der Waals surface area contributed by atoms with Crippen molar-refractivity contribution in [2.24, 2.45) is 17.8 Å². The monoisotopic (exact) mass is 364 g/mol. The molecule has 8 atom stereocenters. The van der Waals surface area contributed by atoms with Crippen LogP contribution in [0.25, 0.3) is 0 Å². The normalized spacial score (nSPS) is 47.8. The number of esters is 2. The number of hydrogen-bond donors (Lipinski definition) is 2. The minimum absolute atomic E-state index is 0.0308. The van der Waals surface area contributed by atoms with Crippen molar-refractivity contribution in [1.29, 1.82) is 0 Å². The molecule has 4 fully saturated rings. The first-order chi connectivity index (χ1) is 12.1. The van der Waals surface area contributed by atoms with Gasteiger partial charge in [0.15, 0.2) is 0 Å². The second kappa shape index (κ2) is 5.41. The van der Waals surface area contributed by atoms with E-state index in [-0.39, 0.29) is 29.3 Å². The van der Waals surface area contributed by atoms with Crippen LogP contribution in [0.4, 0.5) is 0 Å². The molecule has 4 rings (SSSR count). The van der Waals surface area contributed by atoms with Gasteiger partial charge in [0, 0.05) is 18.8 Å². The summed E-state index contributed by atoms with van der Waals surface area (Å²) in [5.74, 6) is -1.21. The third-order valence-corrected chi connectivity index (χ3v) is 6.52. The number of hydrogen-bond acceptors (Lipinski definition) is 7. The van der Waals surface area contributed by atoms with Gasteiger partial charge in [0.25, 0.3) is 0 Å². The Kier molecular flexibility index (Phi) is 3.68. The SMILES string of the molecule is C=C(CO)C(=O)O[C@@H]1[C@H]2C[C@](C)(OC(C)=O)C[C@H]2[C@@H]2C(=C)[C@@H](O)[C@H]3O[C@]132. The molecule has 2 N–H and O–H groups in total. The quantitative estimate of drug-likeness (QED) is 0.324. The van der Waals surface area contributed by atoms with E-state index in [4.69, 9.17) is 19.3 Å². The minimum Gasteiger partial charge on any atom is -0.460 e. The van der Waals surface area contributed by atoms with E-state index in [0.717, 1.165) is 0 Å². The first-order valence-corrected chi connectivity index (χ1v) is 8.88. The second-order valence-electron chi connectivity index (χ2n) is 8.26. The molecule has 0 aromatic heterocycles. The Bertz CT molecular complexity index is 715. The van der Waals surface area contributed by atoms with Crippen molar-refractivity contribution in [3.63, 3.8) is 0 Å². The zero-order chi connectivity index (χ0) is 19.0. The minimum atomic E-state index is -0.788. The molecule has 0 aromatic rings. The fourth-order valence-electron chi connectivity index (χ4n) is 5.72. The molecule has 26 heavy (non-hydrogen) atoms. The summed E-state index contributed by atoms with van der Waals surface area (Å²) in [5, 5.41) is 19.6. The lowest BCUT2D eigenvalue weighted by atomic mass is 9.84. The van der Waals surface area contributed by atoms with E-state index in [9.17, 15) is 14.7 Å². The molecular formula is C19H24O7. The van der Waals surface area contributed by atoms with Crippen molar-refractivity contribution in [3.05, 3.63) is 24.3 Å². The number of carbonyl (C=O) groups excluding carboxylic acids is 2. The molecule has 1 aliphatic heterocycles. The van der Waals surface area contributed by atoms with E-state index in [1.54, 1.807) is 0 Å². The molecule has 7 heteroatoms. The number of epoxide rings is 1. The second-order valence-corrected chi connectivity index (χ2v) is 8.26. The number of aliphatic hydroxyl groups is 2. The van der Waals surface area contributed by atoms with Crippen molar-refractivity contribution in [2.75, 3.05) is 6.61 Å². The first-order valence-electron chi connectivity index (χ1n) is 8.88. The fourth-order valence-corrected chi connectivity index (χ4v) is 5.72. The topological polar surface area (TPSA) is 106 Å². The predicted octanol–water partition coefficient (Wildman–Crippen LogP) is 0.493. The molecule has 0 radical (unpaired) electrons. The maximum absolute atomic E-state index is 12.3. The van der Waals surface area contributed by atoms with Crippen molar-refractivity contribution >= 4 is 11.9 Å². The molecule has 0 amide bonds. The van der Waals surface area contributed by atoms with Crippen LogP contribution in [0.15, 0.2) is 24.3 Å². The van der Waals surface area contributed by atoms with E-state index in [0.29, 0.717) is 18.4 Å². The molecule has 0 unspecified atom stereocenters. The summed E-state index contributed by atoms with van der Waals surface area (Å²) in [6.07, 6.45) is -0.668. The molecule has 7 nitrogen and oxygen atoms in total. The van der Waals surface area contributed by atoms with Gasteiger partial charge >= 0.3 is 11.9 Å². The molecular weight excluding hydrogens is 340 g/mol. The Balaban J connectivity index is 1.66. The molecule has 142 valence electrons. The van der Waals surface area contributed by atoms with E-state index in [2.05, 4.69) is 13.2 Å². The van der Waals surface area contributed by atoms with Crippen LogP contribution in [0.1, 0.15) is 26.7 Å². The van der Waals surface area contributed by atoms with Gasteiger partial charge in [-0.3, -0.25) is 4.79 Å². The summed E-state index contributed by atoms with van der Waals surface area (Å²) in [6, 6.07) is 0. The maximum atomic E-state index is 12.3. The number of rotatable bonds is 4. The van der Waals surface area contributed by atoms with Crippen molar-refractivity contribution in [1.82, 2.24) is 0 Å². The van der Waals surface area contributed by atoms with E-state index in [1.165, 1.54) is 6.92 Å². The maximum Gasteiger partial charge on any atom is 0.336 e. The third-order valence-electron chi connectivity index (χ3n) is 6.52. The molecule has 0 aromatic carbocycles. The lowest BCUT2D eigenvalue weighted by Gasteiger charge is -2.29. The Hall–Kier alpha value is -1.70. The Labute approximate surface area is 151 Å². The average Bonchev–Trinajstić information content (AvgIpc) is 3.06. The molecule has 1 heterocycles. The van der Waals surface area contributed by atoms with Gasteiger partial charge in [-0.1, -0.05) is 13.2 Å². The Morgan fingerprint density at radius 3 is 2.62 bits per heavy atom. The highest BCUT2D eigenvalue weighted by atomic mass is 16.7. The van der Waals surface area contributed by atoms with Crippen molar-refractivity contribution in [2.45, 2.75) is 56.2 Å². The summed E-state index contributed by atoms with van der Waals surface area (Å²) in [6.45, 7) is 10.3. The molecule has 1 saturated heterocycles. The standard InChI is InChI=1S/C19H24O7/c1-8(7-20)17(23)24-15-12-6-18(4,25-10(3)21)5-11(12)13-9(2)14(22)16-19(13,15)26-16/h11-16,20,22H,1-2,5-7H2,3-4H3/t11-,12+,13+,14-,15-,16-,18-,19-/m1/s1. The van der Waals surface area contributed by atoms with Gasteiger partial charge in [-0.25, -0.2) is 4.79 Å². The summed E-state index contributed by atoms with van der Waals surface area (Å²) < 4.78 is 17.1. The van der Waals surface area contributed by atoms with Gasteiger partial charge in [-0.2, -0.15) is 0 Å². The van der Waals surface area contributed by atoms with Crippen LogP contribution in [0.2, 0.25) is 0 Å². The van der Waals surface area contributed by atoms with E-state index < -0.39 is 42.1 Å². The molecule has 0 bridgehead atoms. The van der Waals surface area contributed by atoms with E-state index >= 15 is 0 Å². The van der Waals surface area contributed by atoms with Crippen LogP contribution < -0.4 is 0 Å². The average molecular weight is 364 g/mol. The van der Waals surface area contributed by atoms with Crippen molar-refractivity contribution in [3.8, 4) is 0 Å². The van der Waals surface area contributed by atoms with Crippen LogP contribution in [0.3, 0.4) is 0 Å². The highest BCUT2D eigenvalue weighted by Gasteiger charge is 2.83. The Morgan fingerprint density at radius 2 is 2.00 bits per heavy atom. The predicted molar refractivity (Wildman–Crippen MR) is 88.7 cm³/mol. The van der Waals surface area contributed by atoms with Crippen LogP contribution in [0, 0.1) is 17.8 Å². The molecule has 3 saturated carbocycles. The van der Waals surface area contributed by atoms with Gasteiger partial charge in [0.2, 0.25) is 0 Å². The number of fused-ring (bicyclic) bond motifs is 2. The summed E-state index contributed by atoms with van der Waals surface area (Å²) >= 11 is 0. The van der Waals surface area contributed by atoms with Crippen LogP contribution in [0.5, 0.6) is 0 Å². The molecule has 3 aliphatic carbocycles. The highest BCUT2D eigenvalue weighted by Crippen LogP contribution is 2.71. The first kappa shape index (κ1) is 17.7. The number of aliphatic hydroxyl groups excluding tert-OH is 2. The zero-order valence-electron chi connectivity index (χ0n) is 14.9. The fraction of sp³-hybridized carbons (Fsp3) is 0.684. The van der Waals surface area contributed by atoms with Gasteiger partial charge in [-0.15, -0.1) is 0 Å². The largest absolute Gasteiger partial charge is 0.460 e. The Morgan fingerprint density at radius 1 is 1.35 bits per heavy atom. The number of ether oxygens (including phenoxy) is 3. The highest BCUT2D eigenvalue weighted by molar-refractivity contribution is 5.88. The zero-order valence-corrected chi connectivity index (χ0v) is 14.9. The molecule has 4 aliphatic rings. The molecule has 1 spiro atoms. The third kappa shape index (κ3) is 2.17. The lowest BCUT2D eigenvalue weighted by molar-refractivity contribution is -0.158. The summed E-state index contributed by atoms with van der Waals surface area (Å²) in [5.41, 5.74) is -0.742. The van der Waals surface area contributed by atoms with Crippen molar-refractivity contribution < 1.29 is 34.0 Å². The van der Waals surface area contributed by atoms with E-state index in [1.807, 2.05) is 6.92 Å². The van der Waals surface area contributed by atoms with Gasteiger partial charge in [0.05, 0.1) is 12.2 Å². The van der Waals surface area contributed by atoms with Gasteiger partial charge in [0.1, 0.15) is 29.5 Å². The van der Waals surface area contributed by atoms with Gasteiger partial charge in [-0.05, 0) is 31.3 Å². The van der Waals surface area contributed by atoms with Gasteiger partial charge < -0.3 is 24.4 Å². The summed E-state index contributed by atoms with van der Waals surface area (Å²) in [7, 11) is 0. The van der Waals surface area contributed by atoms with Crippen LogP contribution in [-0.2, 0) is 23.8 Å². The van der Waals surface area contributed by atoms with Crippen LogP contribution >= 0.6 is 0 Å².